The van der Waals surface area contributed by atoms with Gasteiger partial charge in [0.15, 0.2) is 0 Å². The summed E-state index contributed by atoms with van der Waals surface area (Å²) in [7, 11) is 0. The molecule has 2 heteroatoms. The van der Waals surface area contributed by atoms with Crippen LogP contribution in [-0.4, -0.2) is 23.8 Å². The Balaban J connectivity index is 2.91. The van der Waals surface area contributed by atoms with Gasteiger partial charge in [-0.2, -0.15) is 0 Å². The quantitative estimate of drug-likeness (QED) is 0.652. The second-order valence-electron chi connectivity index (χ2n) is 3.70. The third-order valence-corrected chi connectivity index (χ3v) is 2.54. The molecule has 0 unspecified atom stereocenters. The van der Waals surface area contributed by atoms with Gasteiger partial charge in [0.2, 0.25) is 0 Å². The highest BCUT2D eigenvalue weighted by molar-refractivity contribution is 5.80. The molecule has 0 atom stereocenters. The molecule has 1 aliphatic rings. The van der Waals surface area contributed by atoms with Crippen LogP contribution in [0.25, 0.3) is 0 Å². The van der Waals surface area contributed by atoms with Gasteiger partial charge in [-0.05, 0) is 32.3 Å². The molecule has 13 heavy (non-hydrogen) atoms. The first-order chi connectivity index (χ1) is 6.20. The highest BCUT2D eigenvalue weighted by atomic mass is 15.2. The van der Waals surface area contributed by atoms with Crippen molar-refractivity contribution in [1.29, 1.82) is 0 Å². The van der Waals surface area contributed by atoms with Gasteiger partial charge in [0.05, 0.1) is 0 Å². The van der Waals surface area contributed by atoms with Crippen molar-refractivity contribution >= 4 is 6.21 Å². The maximum absolute atomic E-state index is 4.37. The van der Waals surface area contributed by atoms with Crippen LogP contribution in [-0.2, 0) is 0 Å². The zero-order valence-electron chi connectivity index (χ0n) is 9.17. The van der Waals surface area contributed by atoms with Crippen molar-refractivity contribution in [2.45, 2.75) is 46.6 Å². The van der Waals surface area contributed by atoms with Gasteiger partial charge >= 0.3 is 0 Å². The SMILES string of the molecule is CCC1=C(CC)N(C(C)C)CN=C1. The molecule has 0 N–H and O–H groups in total. The van der Waals surface area contributed by atoms with E-state index in [-0.39, 0.29) is 0 Å². The predicted molar refractivity (Wildman–Crippen MR) is 57.9 cm³/mol. The van der Waals surface area contributed by atoms with Crippen molar-refractivity contribution in [3.05, 3.63) is 11.3 Å². The molecule has 0 saturated carbocycles. The Morgan fingerprint density at radius 1 is 1.38 bits per heavy atom. The molecule has 0 aliphatic carbocycles. The Morgan fingerprint density at radius 2 is 2.08 bits per heavy atom. The maximum atomic E-state index is 4.37. The van der Waals surface area contributed by atoms with E-state index in [9.17, 15) is 0 Å². The molecule has 1 heterocycles. The molecule has 74 valence electrons. The summed E-state index contributed by atoms with van der Waals surface area (Å²) >= 11 is 0. The number of allylic oxidation sites excluding steroid dienone is 2. The van der Waals surface area contributed by atoms with Crippen LogP contribution in [0.15, 0.2) is 16.3 Å². The summed E-state index contributed by atoms with van der Waals surface area (Å²) in [5.74, 6) is 0. The van der Waals surface area contributed by atoms with E-state index in [0.29, 0.717) is 6.04 Å². The summed E-state index contributed by atoms with van der Waals surface area (Å²) < 4.78 is 0. The van der Waals surface area contributed by atoms with Gasteiger partial charge in [0.1, 0.15) is 6.67 Å². The van der Waals surface area contributed by atoms with Crippen LogP contribution in [0.2, 0.25) is 0 Å². The first kappa shape index (κ1) is 10.3. The van der Waals surface area contributed by atoms with Gasteiger partial charge in [-0.1, -0.05) is 13.8 Å². The van der Waals surface area contributed by atoms with Crippen molar-refractivity contribution in [2.24, 2.45) is 4.99 Å². The van der Waals surface area contributed by atoms with Gasteiger partial charge in [-0.3, -0.25) is 4.99 Å². The summed E-state index contributed by atoms with van der Waals surface area (Å²) in [6, 6.07) is 0.564. The molecule has 0 aromatic rings. The highest BCUT2D eigenvalue weighted by Crippen LogP contribution is 2.21. The van der Waals surface area contributed by atoms with Crippen molar-refractivity contribution in [3.8, 4) is 0 Å². The Labute approximate surface area is 81.3 Å². The third kappa shape index (κ3) is 2.11. The van der Waals surface area contributed by atoms with Gasteiger partial charge < -0.3 is 4.90 Å². The maximum Gasteiger partial charge on any atom is 0.110 e. The van der Waals surface area contributed by atoms with Gasteiger partial charge in [-0.25, -0.2) is 0 Å². The molecule has 2 nitrogen and oxygen atoms in total. The number of hydrogen-bond donors (Lipinski definition) is 0. The van der Waals surface area contributed by atoms with Crippen LogP contribution in [0.3, 0.4) is 0 Å². The fourth-order valence-corrected chi connectivity index (χ4v) is 1.78. The van der Waals surface area contributed by atoms with Crippen LogP contribution in [0.4, 0.5) is 0 Å². The van der Waals surface area contributed by atoms with E-state index in [4.69, 9.17) is 0 Å². The summed E-state index contributed by atoms with van der Waals surface area (Å²) in [6.45, 7) is 9.71. The topological polar surface area (TPSA) is 15.6 Å². The largest absolute Gasteiger partial charge is 0.353 e. The van der Waals surface area contributed by atoms with E-state index in [1.165, 1.54) is 11.3 Å². The minimum absolute atomic E-state index is 0.564. The number of nitrogens with zero attached hydrogens (tertiary/aromatic N) is 2. The third-order valence-electron chi connectivity index (χ3n) is 2.54. The fourth-order valence-electron chi connectivity index (χ4n) is 1.78. The predicted octanol–water partition coefficient (Wildman–Crippen LogP) is 2.81. The van der Waals surface area contributed by atoms with Crippen LogP contribution in [0, 0.1) is 0 Å². The second-order valence-corrected chi connectivity index (χ2v) is 3.70. The van der Waals surface area contributed by atoms with Crippen LogP contribution in [0.5, 0.6) is 0 Å². The van der Waals surface area contributed by atoms with E-state index in [0.717, 1.165) is 19.5 Å². The Bertz CT molecular complexity index is 226. The zero-order chi connectivity index (χ0) is 9.84. The molecule has 0 bridgehead atoms. The summed E-state index contributed by atoms with van der Waals surface area (Å²) in [5, 5.41) is 0. The molecule has 1 rings (SSSR count). The first-order valence-electron chi connectivity index (χ1n) is 5.19. The summed E-state index contributed by atoms with van der Waals surface area (Å²) in [5.41, 5.74) is 2.88. The summed E-state index contributed by atoms with van der Waals surface area (Å²) in [4.78, 5) is 6.76. The lowest BCUT2D eigenvalue weighted by Gasteiger charge is -2.33. The Hall–Kier alpha value is -0.790. The minimum Gasteiger partial charge on any atom is -0.353 e. The first-order valence-corrected chi connectivity index (χ1v) is 5.19. The molecule has 0 saturated heterocycles. The molecule has 0 aromatic heterocycles. The smallest absolute Gasteiger partial charge is 0.110 e. The van der Waals surface area contributed by atoms with E-state index in [1.807, 2.05) is 6.21 Å². The Kier molecular flexibility index (Phi) is 3.52. The lowest BCUT2D eigenvalue weighted by molar-refractivity contribution is 0.279. The Morgan fingerprint density at radius 3 is 2.54 bits per heavy atom. The van der Waals surface area contributed by atoms with Crippen molar-refractivity contribution in [2.75, 3.05) is 6.67 Å². The van der Waals surface area contributed by atoms with E-state index >= 15 is 0 Å². The van der Waals surface area contributed by atoms with Crippen molar-refractivity contribution < 1.29 is 0 Å². The molecule has 0 spiro atoms. The number of aliphatic imine (C=N–C) groups is 1. The number of rotatable bonds is 3. The molecule has 0 radical (unpaired) electrons. The van der Waals surface area contributed by atoms with Crippen LogP contribution < -0.4 is 0 Å². The molecule has 0 fully saturated rings. The lowest BCUT2D eigenvalue weighted by Crippen LogP contribution is -2.33. The average Bonchev–Trinajstić information content (AvgIpc) is 2.16. The van der Waals surface area contributed by atoms with Crippen molar-refractivity contribution in [3.63, 3.8) is 0 Å². The molecule has 0 aromatic carbocycles. The average molecular weight is 180 g/mol. The second kappa shape index (κ2) is 4.45. The van der Waals surface area contributed by atoms with Crippen LogP contribution >= 0.6 is 0 Å². The monoisotopic (exact) mass is 180 g/mol. The molecule has 0 amide bonds. The van der Waals surface area contributed by atoms with Gasteiger partial charge in [-0.15, -0.1) is 0 Å². The normalized spacial score (nSPS) is 17.5. The molecule has 1 aliphatic heterocycles. The molecular formula is C11H20N2. The minimum atomic E-state index is 0.564. The van der Waals surface area contributed by atoms with Gasteiger partial charge in [0, 0.05) is 18.0 Å². The van der Waals surface area contributed by atoms with Crippen molar-refractivity contribution in [1.82, 2.24) is 4.90 Å². The highest BCUT2D eigenvalue weighted by Gasteiger charge is 2.16. The van der Waals surface area contributed by atoms with E-state index in [2.05, 4.69) is 37.6 Å². The van der Waals surface area contributed by atoms with Crippen LogP contribution in [0.1, 0.15) is 40.5 Å². The number of hydrogen-bond acceptors (Lipinski definition) is 2. The molecular weight excluding hydrogens is 160 g/mol. The zero-order valence-corrected chi connectivity index (χ0v) is 9.17. The van der Waals surface area contributed by atoms with Gasteiger partial charge in [0.25, 0.3) is 0 Å². The standard InChI is InChI=1S/C11H20N2/c1-5-10-7-12-8-13(9(3)4)11(10)6-2/h7,9H,5-6,8H2,1-4H3. The summed E-state index contributed by atoms with van der Waals surface area (Å²) in [6.07, 6.45) is 4.25. The van der Waals surface area contributed by atoms with E-state index < -0.39 is 0 Å². The lowest BCUT2D eigenvalue weighted by atomic mass is 10.1. The fraction of sp³-hybridized carbons (Fsp3) is 0.727. The van der Waals surface area contributed by atoms with E-state index in [1.54, 1.807) is 0 Å².